The van der Waals surface area contributed by atoms with Crippen LogP contribution >= 0.6 is 0 Å². The molecule has 17 heavy (non-hydrogen) atoms. The predicted molar refractivity (Wildman–Crippen MR) is 61.7 cm³/mol. The fraction of sp³-hybridized carbons (Fsp3) is 0. The summed E-state index contributed by atoms with van der Waals surface area (Å²) in [7, 11) is 0. The van der Waals surface area contributed by atoms with Crippen molar-refractivity contribution in [2.75, 3.05) is 11.5 Å². The highest BCUT2D eigenvalue weighted by Gasteiger charge is 2.11. The van der Waals surface area contributed by atoms with Crippen LogP contribution in [0.25, 0.3) is 0 Å². The Balaban J connectivity index is 2.34. The van der Waals surface area contributed by atoms with Gasteiger partial charge in [-0.25, -0.2) is 8.78 Å². The first-order valence-electron chi connectivity index (χ1n) is 4.85. The van der Waals surface area contributed by atoms with Gasteiger partial charge in [0.2, 0.25) is 0 Å². The van der Waals surface area contributed by atoms with Gasteiger partial charge in [0, 0.05) is 6.07 Å². The molecule has 0 atom stereocenters. The quantitative estimate of drug-likeness (QED) is 0.788. The number of halogens is 2. The molecule has 88 valence electrons. The summed E-state index contributed by atoms with van der Waals surface area (Å²) < 4.78 is 31.7. The summed E-state index contributed by atoms with van der Waals surface area (Å²) in [6.07, 6.45) is 0. The van der Waals surface area contributed by atoms with E-state index >= 15 is 0 Å². The summed E-state index contributed by atoms with van der Waals surface area (Å²) in [5, 5.41) is 0. The standard InChI is InChI=1S/C12H10F2N2O/c13-7-2-1-3-8(6-7)17-10-5-4-9(15)12(16)11(10)14/h1-6H,15-16H2. The minimum atomic E-state index is -0.755. The maximum atomic E-state index is 13.6. The van der Waals surface area contributed by atoms with E-state index in [-0.39, 0.29) is 22.9 Å². The fourth-order valence-electron chi connectivity index (χ4n) is 1.32. The molecule has 5 heteroatoms. The van der Waals surface area contributed by atoms with Crippen LogP contribution in [0.5, 0.6) is 11.5 Å². The third-order valence-corrected chi connectivity index (χ3v) is 2.20. The highest BCUT2D eigenvalue weighted by atomic mass is 19.1. The third kappa shape index (κ3) is 2.28. The maximum absolute atomic E-state index is 13.6. The molecule has 2 aromatic rings. The van der Waals surface area contributed by atoms with Crippen LogP contribution in [-0.4, -0.2) is 0 Å². The van der Waals surface area contributed by atoms with E-state index in [0.29, 0.717) is 0 Å². The van der Waals surface area contributed by atoms with Crippen molar-refractivity contribution in [2.24, 2.45) is 0 Å². The Morgan fingerprint density at radius 3 is 2.47 bits per heavy atom. The van der Waals surface area contributed by atoms with E-state index in [4.69, 9.17) is 16.2 Å². The van der Waals surface area contributed by atoms with Gasteiger partial charge in [0.05, 0.1) is 11.4 Å². The van der Waals surface area contributed by atoms with Crippen molar-refractivity contribution in [2.45, 2.75) is 0 Å². The van der Waals surface area contributed by atoms with Crippen molar-refractivity contribution in [3.63, 3.8) is 0 Å². The molecule has 0 amide bonds. The van der Waals surface area contributed by atoms with Gasteiger partial charge in [0.25, 0.3) is 0 Å². The van der Waals surface area contributed by atoms with Gasteiger partial charge in [-0.1, -0.05) is 6.07 Å². The minimum absolute atomic E-state index is 0.0951. The third-order valence-electron chi connectivity index (χ3n) is 2.20. The lowest BCUT2D eigenvalue weighted by atomic mass is 10.2. The molecule has 0 heterocycles. The molecule has 0 aliphatic carbocycles. The van der Waals surface area contributed by atoms with Crippen LogP contribution in [0.4, 0.5) is 20.2 Å². The van der Waals surface area contributed by atoms with Crippen LogP contribution in [0, 0.1) is 11.6 Å². The summed E-state index contributed by atoms with van der Waals surface area (Å²) in [5.41, 5.74) is 10.8. The molecule has 2 rings (SSSR count). The lowest BCUT2D eigenvalue weighted by Gasteiger charge is -2.09. The van der Waals surface area contributed by atoms with Crippen LogP contribution < -0.4 is 16.2 Å². The van der Waals surface area contributed by atoms with Crippen molar-refractivity contribution >= 4 is 11.4 Å². The molecule has 0 saturated carbocycles. The first kappa shape index (κ1) is 11.2. The van der Waals surface area contributed by atoms with Crippen LogP contribution in [0.15, 0.2) is 36.4 Å². The van der Waals surface area contributed by atoms with Crippen molar-refractivity contribution in [3.05, 3.63) is 48.0 Å². The highest BCUT2D eigenvalue weighted by Crippen LogP contribution is 2.31. The molecule has 4 N–H and O–H groups in total. The molecule has 2 aromatic carbocycles. The number of hydrogen-bond donors (Lipinski definition) is 2. The molecule has 0 saturated heterocycles. The van der Waals surface area contributed by atoms with E-state index in [0.717, 1.165) is 6.07 Å². The second-order valence-corrected chi connectivity index (χ2v) is 3.44. The van der Waals surface area contributed by atoms with E-state index in [1.54, 1.807) is 0 Å². The molecule has 0 aliphatic heterocycles. The molecule has 0 fully saturated rings. The van der Waals surface area contributed by atoms with Crippen molar-refractivity contribution < 1.29 is 13.5 Å². The Kier molecular flexibility index (Phi) is 2.82. The van der Waals surface area contributed by atoms with Crippen LogP contribution in [0.1, 0.15) is 0 Å². The molecule has 3 nitrogen and oxygen atoms in total. The topological polar surface area (TPSA) is 61.3 Å². The Hall–Kier alpha value is -2.30. The molecular formula is C12H10F2N2O. The number of anilines is 2. The largest absolute Gasteiger partial charge is 0.454 e. The second-order valence-electron chi connectivity index (χ2n) is 3.44. The molecule has 0 aliphatic rings. The summed E-state index contributed by atoms with van der Waals surface area (Å²) >= 11 is 0. The number of nitrogens with two attached hydrogens (primary N) is 2. The van der Waals surface area contributed by atoms with Gasteiger partial charge in [-0.05, 0) is 24.3 Å². The molecular weight excluding hydrogens is 226 g/mol. The van der Waals surface area contributed by atoms with Crippen LogP contribution in [0.2, 0.25) is 0 Å². The zero-order valence-electron chi connectivity index (χ0n) is 8.78. The lowest BCUT2D eigenvalue weighted by Crippen LogP contribution is -2.00. The van der Waals surface area contributed by atoms with Crippen LogP contribution in [-0.2, 0) is 0 Å². The average molecular weight is 236 g/mol. The Labute approximate surface area is 96.6 Å². The summed E-state index contributed by atoms with van der Waals surface area (Å²) in [5.74, 6) is -1.13. The van der Waals surface area contributed by atoms with Crippen molar-refractivity contribution in [1.29, 1.82) is 0 Å². The van der Waals surface area contributed by atoms with Crippen molar-refractivity contribution in [3.8, 4) is 11.5 Å². The molecule has 0 spiro atoms. The van der Waals surface area contributed by atoms with Crippen LogP contribution in [0.3, 0.4) is 0 Å². The molecule has 0 radical (unpaired) electrons. The van der Waals surface area contributed by atoms with E-state index in [1.807, 2.05) is 0 Å². The molecule has 0 unspecified atom stereocenters. The zero-order chi connectivity index (χ0) is 12.4. The zero-order valence-corrected chi connectivity index (χ0v) is 8.78. The Morgan fingerprint density at radius 1 is 1.00 bits per heavy atom. The second kappa shape index (κ2) is 4.29. The van der Waals surface area contributed by atoms with Gasteiger partial charge in [-0.3, -0.25) is 0 Å². The van der Waals surface area contributed by atoms with Gasteiger partial charge in [-0.15, -0.1) is 0 Å². The normalized spacial score (nSPS) is 10.2. The summed E-state index contributed by atoms with van der Waals surface area (Å²) in [4.78, 5) is 0. The van der Waals surface area contributed by atoms with Gasteiger partial charge >= 0.3 is 0 Å². The first-order valence-corrected chi connectivity index (χ1v) is 4.85. The number of nitrogen functional groups attached to an aromatic ring is 2. The number of benzene rings is 2. The SMILES string of the molecule is Nc1ccc(Oc2cccc(F)c2)c(F)c1N. The van der Waals surface area contributed by atoms with Crippen molar-refractivity contribution in [1.82, 2.24) is 0 Å². The van der Waals surface area contributed by atoms with E-state index in [2.05, 4.69) is 0 Å². The molecule has 0 bridgehead atoms. The first-order chi connectivity index (χ1) is 8.08. The summed E-state index contributed by atoms with van der Waals surface area (Å²) in [6, 6.07) is 8.14. The Morgan fingerprint density at radius 2 is 1.76 bits per heavy atom. The monoisotopic (exact) mass is 236 g/mol. The fourth-order valence-corrected chi connectivity index (χ4v) is 1.32. The van der Waals surface area contributed by atoms with E-state index in [9.17, 15) is 8.78 Å². The number of hydrogen-bond acceptors (Lipinski definition) is 3. The minimum Gasteiger partial charge on any atom is -0.454 e. The number of rotatable bonds is 2. The lowest BCUT2D eigenvalue weighted by molar-refractivity contribution is 0.440. The molecule has 0 aromatic heterocycles. The van der Waals surface area contributed by atoms with Gasteiger partial charge in [-0.2, -0.15) is 0 Å². The maximum Gasteiger partial charge on any atom is 0.190 e. The average Bonchev–Trinajstić information content (AvgIpc) is 2.30. The number of ether oxygens (including phenoxy) is 1. The summed E-state index contributed by atoms with van der Waals surface area (Å²) in [6.45, 7) is 0. The highest BCUT2D eigenvalue weighted by molar-refractivity contribution is 5.66. The van der Waals surface area contributed by atoms with Gasteiger partial charge in [0.15, 0.2) is 11.6 Å². The van der Waals surface area contributed by atoms with Gasteiger partial charge < -0.3 is 16.2 Å². The van der Waals surface area contributed by atoms with Gasteiger partial charge in [0.1, 0.15) is 11.6 Å². The van der Waals surface area contributed by atoms with E-state index in [1.165, 1.54) is 30.3 Å². The van der Waals surface area contributed by atoms with E-state index < -0.39 is 11.6 Å². The Bertz CT molecular complexity index is 558. The predicted octanol–water partition coefficient (Wildman–Crippen LogP) is 2.92. The smallest absolute Gasteiger partial charge is 0.190 e.